The van der Waals surface area contributed by atoms with Crippen LogP contribution >= 0.6 is 0 Å². The lowest BCUT2D eigenvalue weighted by Gasteiger charge is -2.21. The zero-order valence-electron chi connectivity index (χ0n) is 17.4. The van der Waals surface area contributed by atoms with Crippen LogP contribution < -0.4 is 4.74 Å². The molecule has 158 valence electrons. The summed E-state index contributed by atoms with van der Waals surface area (Å²) >= 11 is 0. The number of esters is 1. The molecule has 9 nitrogen and oxygen atoms in total. The highest BCUT2D eigenvalue weighted by atomic mass is 16.5. The first kappa shape index (κ1) is 20.1. The van der Waals surface area contributed by atoms with Crippen molar-refractivity contribution in [2.75, 3.05) is 13.7 Å². The number of carbonyl (C=O) groups excluding carboxylic acids is 1. The first-order valence-corrected chi connectivity index (χ1v) is 10.3. The zero-order valence-corrected chi connectivity index (χ0v) is 17.4. The maximum atomic E-state index is 12.0. The molecule has 1 aliphatic rings. The number of rotatable bonds is 7. The van der Waals surface area contributed by atoms with Crippen molar-refractivity contribution in [2.24, 2.45) is 5.92 Å². The lowest BCUT2D eigenvalue weighted by molar-refractivity contribution is 0.0526. The smallest absolute Gasteiger partial charge is 0.341 e. The second kappa shape index (κ2) is 8.64. The molecule has 3 aromatic heterocycles. The summed E-state index contributed by atoms with van der Waals surface area (Å²) in [5, 5.41) is 8.93. The third-order valence-electron chi connectivity index (χ3n) is 5.41. The molecule has 4 rings (SSSR count). The third kappa shape index (κ3) is 3.79. The first-order valence-electron chi connectivity index (χ1n) is 10.3. The topological polar surface area (TPSA) is 97.0 Å². The van der Waals surface area contributed by atoms with Gasteiger partial charge in [0, 0.05) is 12.7 Å². The predicted octanol–water partition coefficient (Wildman–Crippen LogP) is 3.42. The third-order valence-corrected chi connectivity index (χ3v) is 5.41. The number of nitrogens with zero attached hydrogens (tertiary/aromatic N) is 6. The standard InChI is InChI=1S/C21H26N6O3/c1-4-16-17-18(26(25-16)12-14-9-7-6-8-10-14)19(29-3)24-21(23-17)27-13-15(11-22-27)20(28)30-5-2/h4,11,13-14H,1,5-10,12H2,2-3H3. The SMILES string of the molecule is C=Cc1nn(CC2CCCCC2)c2c(OC)nc(-n3cc(C(=O)OCC)cn3)nc12. The Labute approximate surface area is 174 Å². The van der Waals surface area contributed by atoms with Crippen molar-refractivity contribution in [3.05, 3.63) is 30.2 Å². The Morgan fingerprint density at radius 2 is 2.10 bits per heavy atom. The van der Waals surface area contributed by atoms with E-state index >= 15 is 0 Å². The normalized spacial score (nSPS) is 14.7. The molecule has 0 saturated heterocycles. The molecule has 30 heavy (non-hydrogen) atoms. The maximum Gasteiger partial charge on any atom is 0.341 e. The van der Waals surface area contributed by atoms with Crippen LogP contribution in [0, 0.1) is 5.92 Å². The summed E-state index contributed by atoms with van der Waals surface area (Å²) in [6.45, 7) is 6.74. The first-order chi connectivity index (χ1) is 14.6. The van der Waals surface area contributed by atoms with Gasteiger partial charge < -0.3 is 9.47 Å². The summed E-state index contributed by atoms with van der Waals surface area (Å²) < 4.78 is 14.0. The number of ether oxygens (including phenoxy) is 2. The predicted molar refractivity (Wildman–Crippen MR) is 112 cm³/mol. The van der Waals surface area contributed by atoms with Gasteiger partial charge in [-0.3, -0.25) is 4.68 Å². The highest BCUT2D eigenvalue weighted by Crippen LogP contribution is 2.30. The summed E-state index contributed by atoms with van der Waals surface area (Å²) in [4.78, 5) is 21.1. The van der Waals surface area contributed by atoms with Crippen molar-refractivity contribution in [3.63, 3.8) is 0 Å². The molecule has 0 N–H and O–H groups in total. The van der Waals surface area contributed by atoms with Crippen LogP contribution in [0.25, 0.3) is 23.1 Å². The minimum atomic E-state index is -0.441. The maximum absolute atomic E-state index is 12.0. The van der Waals surface area contributed by atoms with E-state index in [9.17, 15) is 4.79 Å². The van der Waals surface area contributed by atoms with Gasteiger partial charge in [-0.25, -0.2) is 14.5 Å². The van der Waals surface area contributed by atoms with Crippen molar-refractivity contribution in [1.82, 2.24) is 29.5 Å². The fourth-order valence-electron chi connectivity index (χ4n) is 3.94. The summed E-state index contributed by atoms with van der Waals surface area (Å²) in [6, 6.07) is 0. The van der Waals surface area contributed by atoms with Gasteiger partial charge in [-0.2, -0.15) is 15.2 Å². The van der Waals surface area contributed by atoms with E-state index in [-0.39, 0.29) is 5.95 Å². The van der Waals surface area contributed by atoms with Gasteiger partial charge in [0.05, 0.1) is 25.5 Å². The number of methoxy groups -OCH3 is 1. The summed E-state index contributed by atoms with van der Waals surface area (Å²) in [7, 11) is 1.57. The molecule has 0 unspecified atom stereocenters. The van der Waals surface area contributed by atoms with E-state index < -0.39 is 5.97 Å². The zero-order chi connectivity index (χ0) is 21.1. The van der Waals surface area contributed by atoms with Crippen molar-refractivity contribution in [1.29, 1.82) is 0 Å². The fourth-order valence-corrected chi connectivity index (χ4v) is 3.94. The second-order valence-electron chi connectivity index (χ2n) is 7.40. The Morgan fingerprint density at radius 1 is 1.30 bits per heavy atom. The van der Waals surface area contributed by atoms with Gasteiger partial charge >= 0.3 is 5.97 Å². The van der Waals surface area contributed by atoms with Crippen molar-refractivity contribution in [2.45, 2.75) is 45.6 Å². The molecule has 1 saturated carbocycles. The van der Waals surface area contributed by atoms with Crippen LogP contribution in [0.3, 0.4) is 0 Å². The molecule has 1 aliphatic carbocycles. The van der Waals surface area contributed by atoms with Crippen LogP contribution in [0.4, 0.5) is 0 Å². The molecule has 0 amide bonds. The minimum Gasteiger partial charge on any atom is -0.479 e. The second-order valence-corrected chi connectivity index (χ2v) is 7.40. The van der Waals surface area contributed by atoms with E-state index in [2.05, 4.69) is 21.6 Å². The summed E-state index contributed by atoms with van der Waals surface area (Å²) in [5.41, 5.74) is 2.40. The highest BCUT2D eigenvalue weighted by Gasteiger charge is 2.22. The average Bonchev–Trinajstić information content (AvgIpc) is 3.39. The van der Waals surface area contributed by atoms with Crippen LogP contribution in [-0.2, 0) is 11.3 Å². The van der Waals surface area contributed by atoms with Gasteiger partial charge in [-0.1, -0.05) is 25.8 Å². The van der Waals surface area contributed by atoms with Crippen LogP contribution in [-0.4, -0.2) is 49.2 Å². The monoisotopic (exact) mass is 410 g/mol. The van der Waals surface area contributed by atoms with Crippen molar-refractivity contribution in [3.8, 4) is 11.8 Å². The van der Waals surface area contributed by atoms with Gasteiger partial charge in [-0.05, 0) is 31.8 Å². The average molecular weight is 410 g/mol. The van der Waals surface area contributed by atoms with Gasteiger partial charge in [0.25, 0.3) is 5.95 Å². The van der Waals surface area contributed by atoms with Crippen LogP contribution in [0.15, 0.2) is 19.0 Å². The molecule has 3 heterocycles. The van der Waals surface area contributed by atoms with Crippen LogP contribution in [0.1, 0.15) is 55.1 Å². The Balaban J connectivity index is 1.75. The largest absolute Gasteiger partial charge is 0.479 e. The Bertz CT molecular complexity index is 1060. The highest BCUT2D eigenvalue weighted by molar-refractivity contribution is 5.89. The van der Waals surface area contributed by atoms with Crippen LogP contribution in [0.2, 0.25) is 0 Å². The van der Waals surface area contributed by atoms with E-state index in [0.29, 0.717) is 35.2 Å². The number of aromatic nitrogens is 6. The molecule has 9 heteroatoms. The molecular weight excluding hydrogens is 384 g/mol. The fraction of sp³-hybridized carbons (Fsp3) is 0.476. The van der Waals surface area contributed by atoms with Crippen molar-refractivity contribution < 1.29 is 14.3 Å². The summed E-state index contributed by atoms with van der Waals surface area (Å²) in [5.74, 6) is 0.848. The van der Waals surface area contributed by atoms with E-state index in [1.165, 1.54) is 43.0 Å². The quantitative estimate of drug-likeness (QED) is 0.551. The van der Waals surface area contributed by atoms with Gasteiger partial charge in [-0.15, -0.1) is 0 Å². The van der Waals surface area contributed by atoms with Crippen LogP contribution in [0.5, 0.6) is 5.88 Å². The number of fused-ring (bicyclic) bond motifs is 1. The minimum absolute atomic E-state index is 0.287. The lowest BCUT2D eigenvalue weighted by atomic mass is 9.89. The molecule has 0 aromatic carbocycles. The molecule has 0 spiro atoms. The van der Waals surface area contributed by atoms with E-state index in [1.807, 2.05) is 4.68 Å². The number of hydrogen-bond acceptors (Lipinski definition) is 7. The van der Waals surface area contributed by atoms with E-state index in [1.54, 1.807) is 26.3 Å². The summed E-state index contributed by atoms with van der Waals surface area (Å²) in [6.07, 6.45) is 10.9. The molecule has 0 bridgehead atoms. The van der Waals surface area contributed by atoms with E-state index in [4.69, 9.17) is 14.6 Å². The Hall–Kier alpha value is -3.23. The molecular formula is C21H26N6O3. The molecule has 3 aromatic rings. The molecule has 0 radical (unpaired) electrons. The lowest BCUT2D eigenvalue weighted by Crippen LogP contribution is -2.15. The Kier molecular flexibility index (Phi) is 5.78. The molecule has 0 aliphatic heterocycles. The number of carbonyl (C=O) groups is 1. The van der Waals surface area contributed by atoms with Gasteiger partial charge in [0.1, 0.15) is 16.7 Å². The van der Waals surface area contributed by atoms with Crippen molar-refractivity contribution >= 4 is 23.1 Å². The van der Waals surface area contributed by atoms with Gasteiger partial charge in [0.2, 0.25) is 5.88 Å². The number of hydrogen-bond donors (Lipinski definition) is 0. The Morgan fingerprint density at radius 3 is 2.80 bits per heavy atom. The molecule has 0 atom stereocenters. The van der Waals surface area contributed by atoms with E-state index in [0.717, 1.165) is 12.1 Å². The molecule has 1 fully saturated rings. The van der Waals surface area contributed by atoms with Gasteiger partial charge in [0.15, 0.2) is 0 Å².